The van der Waals surface area contributed by atoms with Gasteiger partial charge in [0.25, 0.3) is 0 Å². The van der Waals surface area contributed by atoms with Gasteiger partial charge in [0.15, 0.2) is 6.10 Å². The molecule has 0 amide bonds. The Morgan fingerprint density at radius 1 is 0.241 bits per heavy atom. The van der Waals surface area contributed by atoms with E-state index in [0.717, 1.165) is 173 Å². The van der Waals surface area contributed by atoms with E-state index < -0.39 is 6.10 Å². The Balaban J connectivity index is 4.50. The number of unbranched alkanes of at least 4 members (excludes halogenated alkanes) is 8. The first kappa shape index (κ1) is 76.7. The smallest absolute Gasteiger partial charge is 0.306 e. The second-order valence-corrected chi connectivity index (χ2v) is 20.2. The van der Waals surface area contributed by atoms with Gasteiger partial charge in [-0.1, -0.05) is 252 Å². The van der Waals surface area contributed by atoms with Crippen molar-refractivity contribution in [1.29, 1.82) is 0 Å². The summed E-state index contributed by atoms with van der Waals surface area (Å²) in [5.41, 5.74) is 0. The molecule has 0 aliphatic carbocycles. The molecule has 0 aliphatic heterocycles. The number of allylic oxidation sites excluding steroid dienone is 36. The fourth-order valence-electron chi connectivity index (χ4n) is 7.74. The first-order valence-electron chi connectivity index (χ1n) is 32.2. The van der Waals surface area contributed by atoms with E-state index >= 15 is 0 Å². The van der Waals surface area contributed by atoms with Gasteiger partial charge < -0.3 is 14.2 Å². The van der Waals surface area contributed by atoms with Gasteiger partial charge in [-0.05, 0) is 173 Å². The van der Waals surface area contributed by atoms with Crippen molar-refractivity contribution in [3.63, 3.8) is 0 Å². The van der Waals surface area contributed by atoms with Gasteiger partial charge in [-0.25, -0.2) is 0 Å². The van der Waals surface area contributed by atoms with Gasteiger partial charge in [0.05, 0.1) is 0 Å². The molecule has 83 heavy (non-hydrogen) atoms. The summed E-state index contributed by atoms with van der Waals surface area (Å²) >= 11 is 0. The molecule has 0 saturated carbocycles. The van der Waals surface area contributed by atoms with Crippen molar-refractivity contribution >= 4 is 17.9 Å². The van der Waals surface area contributed by atoms with Crippen molar-refractivity contribution < 1.29 is 28.6 Å². The Bertz CT molecular complexity index is 2080. The third-order valence-electron chi connectivity index (χ3n) is 12.5. The summed E-state index contributed by atoms with van der Waals surface area (Å²) in [6.45, 7) is 6.18. The molecule has 0 aromatic rings. The van der Waals surface area contributed by atoms with Crippen LogP contribution in [0, 0.1) is 0 Å². The van der Waals surface area contributed by atoms with Crippen LogP contribution >= 0.6 is 0 Å². The van der Waals surface area contributed by atoms with Gasteiger partial charge in [0.2, 0.25) is 0 Å². The minimum Gasteiger partial charge on any atom is -0.462 e. The van der Waals surface area contributed by atoms with Gasteiger partial charge in [-0.2, -0.15) is 0 Å². The molecule has 0 spiro atoms. The van der Waals surface area contributed by atoms with Crippen molar-refractivity contribution in [3.05, 3.63) is 219 Å². The molecule has 0 aromatic carbocycles. The quantitative estimate of drug-likeness (QED) is 0.0261. The molecule has 0 aromatic heterocycles. The van der Waals surface area contributed by atoms with Crippen molar-refractivity contribution in [3.8, 4) is 0 Å². The Kier molecular flexibility index (Phi) is 63.1. The van der Waals surface area contributed by atoms with Gasteiger partial charge >= 0.3 is 17.9 Å². The van der Waals surface area contributed by atoms with Crippen LogP contribution in [-0.2, 0) is 28.6 Å². The molecule has 0 radical (unpaired) electrons. The number of carbonyl (C=O) groups is 3. The van der Waals surface area contributed by atoms with E-state index in [0.29, 0.717) is 19.3 Å². The lowest BCUT2D eigenvalue weighted by Gasteiger charge is -2.18. The summed E-state index contributed by atoms with van der Waals surface area (Å²) in [6.07, 6.45) is 107. The van der Waals surface area contributed by atoms with E-state index in [1.807, 2.05) is 0 Å². The van der Waals surface area contributed by atoms with Crippen LogP contribution in [0.3, 0.4) is 0 Å². The highest BCUT2D eigenvalue weighted by atomic mass is 16.6. The molecular weight excluding hydrogens is 1020 g/mol. The van der Waals surface area contributed by atoms with Crippen molar-refractivity contribution in [2.75, 3.05) is 13.2 Å². The third-order valence-corrected chi connectivity index (χ3v) is 12.5. The van der Waals surface area contributed by atoms with E-state index in [1.54, 1.807) is 0 Å². The summed E-state index contributed by atoms with van der Waals surface area (Å²) in [5, 5.41) is 0. The molecule has 0 heterocycles. The van der Waals surface area contributed by atoms with E-state index in [4.69, 9.17) is 14.2 Å². The van der Waals surface area contributed by atoms with Crippen LogP contribution < -0.4 is 0 Å². The Morgan fingerprint density at radius 3 is 0.675 bits per heavy atom. The Hall–Kier alpha value is -6.27. The molecule has 6 heteroatoms. The van der Waals surface area contributed by atoms with Crippen LogP contribution in [0.1, 0.15) is 226 Å². The molecule has 1 unspecified atom stereocenters. The monoisotopic (exact) mass is 1130 g/mol. The summed E-state index contributed by atoms with van der Waals surface area (Å²) < 4.78 is 16.8. The van der Waals surface area contributed by atoms with E-state index in [2.05, 4.69) is 240 Å². The zero-order valence-electron chi connectivity index (χ0n) is 52.4. The fraction of sp³-hybridized carbons (Fsp3) is 0.494. The largest absolute Gasteiger partial charge is 0.462 e. The van der Waals surface area contributed by atoms with Gasteiger partial charge in [-0.15, -0.1) is 0 Å². The average Bonchev–Trinajstić information content (AvgIpc) is 3.49. The van der Waals surface area contributed by atoms with Crippen molar-refractivity contribution in [1.82, 2.24) is 0 Å². The number of hydrogen-bond donors (Lipinski definition) is 0. The molecular formula is C77H114O6. The predicted molar refractivity (Wildman–Crippen MR) is 361 cm³/mol. The minimum absolute atomic E-state index is 0.133. The molecule has 0 bridgehead atoms. The lowest BCUT2D eigenvalue weighted by molar-refractivity contribution is -0.167. The molecule has 1 atom stereocenters. The second-order valence-electron chi connectivity index (χ2n) is 20.2. The highest BCUT2D eigenvalue weighted by molar-refractivity contribution is 5.71. The van der Waals surface area contributed by atoms with Crippen LogP contribution in [0.5, 0.6) is 0 Å². The maximum atomic E-state index is 12.9. The molecule has 0 fully saturated rings. The molecule has 6 nitrogen and oxygen atoms in total. The zero-order valence-corrected chi connectivity index (χ0v) is 52.4. The highest BCUT2D eigenvalue weighted by Gasteiger charge is 2.19. The van der Waals surface area contributed by atoms with Gasteiger partial charge in [-0.3, -0.25) is 14.4 Å². The van der Waals surface area contributed by atoms with E-state index in [-0.39, 0.29) is 44.0 Å². The number of ether oxygens (including phenoxy) is 3. The maximum Gasteiger partial charge on any atom is 0.306 e. The standard InChI is InChI=1S/C77H114O6/c1-4-7-10-13-16-19-22-25-27-29-31-32-33-34-35-36-37-38-39-40-41-42-43-44-46-47-49-52-55-58-61-64-67-70-76(79)82-73-74(72-81-75(78)69-66-63-60-57-54-51-24-21-18-15-12-9-6-3)83-77(80)71-68-65-62-59-56-53-50-48-45-30-28-26-23-20-17-14-11-8-5-2/h7-12,16-21,25-28,31-32,34-35,37-38,40-41,43-45,47-49,51,53-56,58,74H,4-6,13-15,22-24,29-30,33,36,39,42,46,50,52,57,59-73H2,1-3H3/b10-7-,11-8-,12-9-,19-16-,20-17-,21-18-,27-25-,28-26-,32-31-,35-34-,38-37-,41-40-,44-43-,48-45-,49-47-,54-51-,56-53-,58-55-. The topological polar surface area (TPSA) is 78.9 Å². The normalized spacial score (nSPS) is 13.6. The van der Waals surface area contributed by atoms with Crippen molar-refractivity contribution in [2.24, 2.45) is 0 Å². The average molecular weight is 1140 g/mol. The molecule has 0 N–H and O–H groups in total. The number of hydrogen-bond acceptors (Lipinski definition) is 6. The molecule has 458 valence electrons. The Labute approximate surface area is 508 Å². The van der Waals surface area contributed by atoms with Crippen LogP contribution in [0.25, 0.3) is 0 Å². The van der Waals surface area contributed by atoms with Crippen LogP contribution in [-0.4, -0.2) is 37.2 Å². The number of esters is 3. The van der Waals surface area contributed by atoms with E-state index in [1.165, 1.54) is 0 Å². The lowest BCUT2D eigenvalue weighted by atomic mass is 10.1. The highest BCUT2D eigenvalue weighted by Crippen LogP contribution is 2.11. The summed E-state index contributed by atoms with van der Waals surface area (Å²) in [7, 11) is 0. The van der Waals surface area contributed by atoms with E-state index in [9.17, 15) is 14.4 Å². The summed E-state index contributed by atoms with van der Waals surface area (Å²) in [6, 6.07) is 0. The summed E-state index contributed by atoms with van der Waals surface area (Å²) in [5.74, 6) is -1.05. The first-order chi connectivity index (χ1) is 41.0. The number of rotatable bonds is 55. The van der Waals surface area contributed by atoms with Crippen LogP contribution in [0.2, 0.25) is 0 Å². The van der Waals surface area contributed by atoms with Crippen molar-refractivity contribution in [2.45, 2.75) is 232 Å². The first-order valence-corrected chi connectivity index (χ1v) is 32.2. The van der Waals surface area contributed by atoms with Gasteiger partial charge in [0.1, 0.15) is 13.2 Å². The second kappa shape index (κ2) is 68.2. The molecule has 0 aliphatic rings. The lowest BCUT2D eigenvalue weighted by Crippen LogP contribution is -2.30. The van der Waals surface area contributed by atoms with Crippen LogP contribution in [0.15, 0.2) is 219 Å². The SMILES string of the molecule is CC/C=C\C/C=C\C/C=C\C/C=C\C/C=C\C/C=C\C/C=C\C/C=C\C/C=C\C/C=C\CCCCC(=O)OCC(COC(=O)CCCCC/C=C\C/C=C\C/C=C\CC)OC(=O)CCCCC/C=C\C/C=C\C/C=C\C/C=C\C/C=C\CC. The minimum atomic E-state index is -0.841. The predicted octanol–water partition coefficient (Wildman–Crippen LogP) is 22.5. The third kappa shape index (κ3) is 66.4. The maximum absolute atomic E-state index is 12.9. The fourth-order valence-corrected chi connectivity index (χ4v) is 7.74. The zero-order chi connectivity index (χ0) is 59.9. The summed E-state index contributed by atoms with van der Waals surface area (Å²) in [4.78, 5) is 38.3. The van der Waals surface area contributed by atoms with Crippen LogP contribution in [0.4, 0.5) is 0 Å². The van der Waals surface area contributed by atoms with Gasteiger partial charge in [0, 0.05) is 19.3 Å². The molecule has 0 rings (SSSR count). The molecule has 0 saturated heterocycles. The Morgan fingerprint density at radius 2 is 0.434 bits per heavy atom. The number of carbonyl (C=O) groups excluding carboxylic acids is 3.